The highest BCUT2D eigenvalue weighted by molar-refractivity contribution is 5.75. The van der Waals surface area contributed by atoms with E-state index in [4.69, 9.17) is 5.11 Å². The summed E-state index contributed by atoms with van der Waals surface area (Å²) in [6.45, 7) is 1.86. The van der Waals surface area contributed by atoms with E-state index in [1.54, 1.807) is 12.4 Å². The molecule has 0 aromatic carbocycles. The Morgan fingerprint density at radius 3 is 2.89 bits per heavy atom. The molecule has 0 saturated heterocycles. The molecular formula is C12H18N4O3. The van der Waals surface area contributed by atoms with Crippen molar-refractivity contribution in [3.05, 3.63) is 18.0 Å². The van der Waals surface area contributed by atoms with Crippen LogP contribution >= 0.6 is 0 Å². The van der Waals surface area contributed by atoms with Crippen molar-refractivity contribution >= 4 is 12.0 Å². The van der Waals surface area contributed by atoms with Crippen LogP contribution in [0.2, 0.25) is 0 Å². The van der Waals surface area contributed by atoms with Gasteiger partial charge in [0.1, 0.15) is 0 Å². The maximum absolute atomic E-state index is 11.8. The van der Waals surface area contributed by atoms with Crippen LogP contribution in [0.4, 0.5) is 4.79 Å². The number of nitrogens with zero attached hydrogens (tertiary/aromatic N) is 1. The Balaban J connectivity index is 1.78. The third kappa shape index (κ3) is 3.46. The molecule has 104 valence electrons. The predicted molar refractivity (Wildman–Crippen MR) is 67.4 cm³/mol. The average molecular weight is 266 g/mol. The minimum absolute atomic E-state index is 0.0577. The van der Waals surface area contributed by atoms with Crippen molar-refractivity contribution in [3.63, 3.8) is 0 Å². The number of aliphatic carboxylic acids is 1. The van der Waals surface area contributed by atoms with Crippen molar-refractivity contribution in [2.75, 3.05) is 0 Å². The number of urea groups is 1. The molecular weight excluding hydrogens is 248 g/mol. The van der Waals surface area contributed by atoms with E-state index in [0.717, 1.165) is 5.56 Å². The summed E-state index contributed by atoms with van der Waals surface area (Å²) in [4.78, 5) is 22.6. The van der Waals surface area contributed by atoms with Gasteiger partial charge in [-0.1, -0.05) is 0 Å². The zero-order valence-corrected chi connectivity index (χ0v) is 10.7. The number of hydrogen-bond donors (Lipinski definition) is 4. The predicted octanol–water partition coefficient (Wildman–Crippen LogP) is 1.02. The third-order valence-corrected chi connectivity index (χ3v) is 3.48. The molecule has 1 aliphatic carbocycles. The van der Waals surface area contributed by atoms with Gasteiger partial charge in [-0.25, -0.2) is 4.79 Å². The molecule has 1 aliphatic rings. The summed E-state index contributed by atoms with van der Waals surface area (Å²) in [6, 6.07) is -0.474. The fourth-order valence-electron chi connectivity index (χ4n) is 2.34. The van der Waals surface area contributed by atoms with Crippen LogP contribution in [0, 0.1) is 5.92 Å². The minimum atomic E-state index is -0.781. The monoisotopic (exact) mass is 266 g/mol. The lowest BCUT2D eigenvalue weighted by Crippen LogP contribution is -2.42. The molecule has 3 atom stereocenters. The molecule has 0 spiro atoms. The molecule has 0 aliphatic heterocycles. The van der Waals surface area contributed by atoms with Gasteiger partial charge in [-0.15, -0.1) is 0 Å². The lowest BCUT2D eigenvalue weighted by atomic mass is 10.1. The van der Waals surface area contributed by atoms with Crippen LogP contribution in [0.5, 0.6) is 0 Å². The van der Waals surface area contributed by atoms with Crippen LogP contribution in [0.25, 0.3) is 0 Å². The first kappa shape index (κ1) is 13.4. The number of nitrogens with one attached hydrogen (secondary N) is 3. The number of H-pyrrole nitrogens is 1. The molecule has 2 amide bonds. The summed E-state index contributed by atoms with van der Waals surface area (Å²) in [6.07, 6.45) is 5.22. The molecule has 4 N–H and O–H groups in total. The van der Waals surface area contributed by atoms with E-state index in [1.807, 2.05) is 6.92 Å². The molecule has 2 rings (SSSR count). The zero-order valence-electron chi connectivity index (χ0n) is 10.7. The van der Waals surface area contributed by atoms with Crippen LogP contribution in [0.15, 0.2) is 12.4 Å². The highest BCUT2D eigenvalue weighted by Crippen LogP contribution is 2.25. The highest BCUT2D eigenvalue weighted by atomic mass is 16.4. The lowest BCUT2D eigenvalue weighted by molar-refractivity contribution is -0.141. The van der Waals surface area contributed by atoms with Crippen LogP contribution in [0.3, 0.4) is 0 Å². The Morgan fingerprint density at radius 1 is 1.53 bits per heavy atom. The van der Waals surface area contributed by atoms with Gasteiger partial charge in [0.2, 0.25) is 0 Å². The van der Waals surface area contributed by atoms with Crippen molar-refractivity contribution in [1.29, 1.82) is 0 Å². The van der Waals surface area contributed by atoms with E-state index in [0.29, 0.717) is 19.3 Å². The topological polar surface area (TPSA) is 107 Å². The zero-order chi connectivity index (χ0) is 13.8. The number of amides is 2. The first-order valence-electron chi connectivity index (χ1n) is 6.34. The van der Waals surface area contributed by atoms with Gasteiger partial charge in [-0.2, -0.15) is 5.10 Å². The summed E-state index contributed by atoms with van der Waals surface area (Å²) >= 11 is 0. The van der Waals surface area contributed by atoms with Gasteiger partial charge in [0.05, 0.1) is 18.2 Å². The van der Waals surface area contributed by atoms with Gasteiger partial charge in [-0.05, 0) is 26.2 Å². The van der Waals surface area contributed by atoms with Crippen molar-refractivity contribution in [3.8, 4) is 0 Å². The Hall–Kier alpha value is -2.05. The minimum Gasteiger partial charge on any atom is -0.481 e. The summed E-state index contributed by atoms with van der Waals surface area (Å²) < 4.78 is 0. The maximum Gasteiger partial charge on any atom is 0.315 e. The molecule has 7 nitrogen and oxygen atoms in total. The normalized spacial score (nSPS) is 23.8. The van der Waals surface area contributed by atoms with Gasteiger partial charge in [-0.3, -0.25) is 9.89 Å². The molecule has 0 radical (unpaired) electrons. The quantitative estimate of drug-likeness (QED) is 0.652. The van der Waals surface area contributed by atoms with Gasteiger partial charge >= 0.3 is 12.0 Å². The van der Waals surface area contributed by atoms with Crippen molar-refractivity contribution in [2.45, 2.75) is 38.3 Å². The van der Waals surface area contributed by atoms with Gasteiger partial charge in [0.15, 0.2) is 0 Å². The molecule has 3 unspecified atom stereocenters. The lowest BCUT2D eigenvalue weighted by Gasteiger charge is -2.16. The van der Waals surface area contributed by atoms with E-state index in [1.165, 1.54) is 0 Å². The van der Waals surface area contributed by atoms with Gasteiger partial charge in [0.25, 0.3) is 0 Å². The number of carbonyl (C=O) groups excluding carboxylic acids is 1. The molecule has 1 aromatic rings. The van der Waals surface area contributed by atoms with Crippen LogP contribution in [-0.4, -0.2) is 33.3 Å². The Labute approximate surface area is 110 Å². The average Bonchev–Trinajstić information content (AvgIpc) is 2.98. The van der Waals surface area contributed by atoms with Gasteiger partial charge in [0, 0.05) is 17.8 Å². The van der Waals surface area contributed by atoms with Crippen molar-refractivity contribution < 1.29 is 14.7 Å². The standard InChI is InChI=1S/C12H18N4O3/c1-7(9-5-13-14-6-9)15-12(19)16-10-3-2-8(4-10)11(17)18/h5-8,10H,2-4H2,1H3,(H,13,14)(H,17,18)(H2,15,16,19). The molecule has 1 heterocycles. The number of aromatic amines is 1. The SMILES string of the molecule is CC(NC(=O)NC1CCC(C(=O)O)C1)c1cn[nH]c1. The first-order chi connectivity index (χ1) is 9.06. The highest BCUT2D eigenvalue weighted by Gasteiger charge is 2.30. The largest absolute Gasteiger partial charge is 0.481 e. The number of carboxylic acid groups (broad SMARTS) is 1. The van der Waals surface area contributed by atoms with E-state index in [-0.39, 0.29) is 24.0 Å². The summed E-state index contributed by atoms with van der Waals surface area (Å²) in [5.74, 6) is -1.12. The molecule has 7 heteroatoms. The summed E-state index contributed by atoms with van der Waals surface area (Å²) in [7, 11) is 0. The summed E-state index contributed by atoms with van der Waals surface area (Å²) in [5, 5.41) is 21.0. The molecule has 1 aromatic heterocycles. The first-order valence-corrected chi connectivity index (χ1v) is 6.34. The summed E-state index contributed by atoms with van der Waals surface area (Å²) in [5.41, 5.74) is 0.894. The van der Waals surface area contributed by atoms with Crippen molar-refractivity contribution in [1.82, 2.24) is 20.8 Å². The number of carboxylic acids is 1. The molecule has 1 saturated carbocycles. The molecule has 0 bridgehead atoms. The van der Waals surface area contributed by atoms with Crippen LogP contribution < -0.4 is 10.6 Å². The third-order valence-electron chi connectivity index (χ3n) is 3.48. The molecule has 1 fully saturated rings. The van der Waals surface area contributed by atoms with E-state index < -0.39 is 5.97 Å². The molecule has 19 heavy (non-hydrogen) atoms. The fourth-order valence-corrected chi connectivity index (χ4v) is 2.34. The van der Waals surface area contributed by atoms with E-state index in [2.05, 4.69) is 20.8 Å². The number of aromatic nitrogens is 2. The maximum atomic E-state index is 11.8. The fraction of sp³-hybridized carbons (Fsp3) is 0.583. The van der Waals surface area contributed by atoms with E-state index in [9.17, 15) is 9.59 Å². The Bertz CT molecular complexity index is 446. The smallest absolute Gasteiger partial charge is 0.315 e. The Morgan fingerprint density at radius 2 is 2.32 bits per heavy atom. The second-order valence-electron chi connectivity index (χ2n) is 4.92. The van der Waals surface area contributed by atoms with Crippen LogP contribution in [-0.2, 0) is 4.79 Å². The van der Waals surface area contributed by atoms with Gasteiger partial charge < -0.3 is 15.7 Å². The van der Waals surface area contributed by atoms with Crippen molar-refractivity contribution in [2.24, 2.45) is 5.92 Å². The second-order valence-corrected chi connectivity index (χ2v) is 4.92. The van der Waals surface area contributed by atoms with Crippen LogP contribution in [0.1, 0.15) is 37.8 Å². The van der Waals surface area contributed by atoms with E-state index >= 15 is 0 Å². The number of hydrogen-bond acceptors (Lipinski definition) is 3. The number of rotatable bonds is 4. The second kappa shape index (κ2) is 5.73. The Kier molecular flexibility index (Phi) is 4.03. The number of carbonyl (C=O) groups is 2.